The first-order chi connectivity index (χ1) is 12.8. The van der Waals surface area contributed by atoms with Crippen LogP contribution in [-0.4, -0.2) is 21.9 Å². The molecule has 0 unspecified atom stereocenters. The number of amides is 1. The molecular weight excluding hydrogens is 359 g/mol. The summed E-state index contributed by atoms with van der Waals surface area (Å²) in [6, 6.07) is 7.89. The first-order valence-corrected chi connectivity index (χ1v) is 8.41. The molecule has 1 aliphatic heterocycles. The molecule has 3 aromatic rings. The first-order valence-electron chi connectivity index (χ1n) is 8.41. The van der Waals surface area contributed by atoms with Gasteiger partial charge in [-0.15, -0.1) is 0 Å². The standard InChI is InChI=1S/C19H16F3N3O2/c1-11-17(25-10-14(19(20,21)22)3-5-16(25)24-11)18(26)23-9-12-2-4-15-13(8-12)6-7-27-15/h2-5,8,10H,6-7,9H2,1H3,(H,23,26). The predicted octanol–water partition coefficient (Wildman–Crippen LogP) is 3.53. The molecule has 3 heterocycles. The molecule has 5 nitrogen and oxygen atoms in total. The highest BCUT2D eigenvalue weighted by atomic mass is 19.4. The Kier molecular flexibility index (Phi) is 4.05. The van der Waals surface area contributed by atoms with Crippen LogP contribution in [0.2, 0.25) is 0 Å². The summed E-state index contributed by atoms with van der Waals surface area (Å²) in [5, 5.41) is 2.76. The maximum Gasteiger partial charge on any atom is 0.417 e. The van der Waals surface area contributed by atoms with Crippen LogP contribution in [0.1, 0.15) is 32.9 Å². The maximum atomic E-state index is 13.0. The van der Waals surface area contributed by atoms with Crippen LogP contribution in [0.4, 0.5) is 13.2 Å². The maximum absolute atomic E-state index is 13.0. The lowest BCUT2D eigenvalue weighted by molar-refractivity contribution is -0.137. The molecule has 0 saturated carbocycles. The fourth-order valence-corrected chi connectivity index (χ4v) is 3.22. The quantitative estimate of drug-likeness (QED) is 0.762. The second kappa shape index (κ2) is 6.29. The number of benzene rings is 1. The molecule has 0 bridgehead atoms. The Morgan fingerprint density at radius 3 is 2.89 bits per heavy atom. The van der Waals surface area contributed by atoms with Crippen molar-refractivity contribution in [3.8, 4) is 5.75 Å². The van der Waals surface area contributed by atoms with Gasteiger partial charge in [0, 0.05) is 19.2 Å². The lowest BCUT2D eigenvalue weighted by atomic mass is 10.1. The SMILES string of the molecule is Cc1nc2ccc(C(F)(F)F)cn2c1C(=O)NCc1ccc2c(c1)CCO2. The van der Waals surface area contributed by atoms with Crippen molar-refractivity contribution < 1.29 is 22.7 Å². The van der Waals surface area contributed by atoms with Crippen LogP contribution in [-0.2, 0) is 19.1 Å². The zero-order valence-electron chi connectivity index (χ0n) is 14.4. The number of alkyl halides is 3. The number of nitrogens with zero attached hydrogens (tertiary/aromatic N) is 2. The minimum atomic E-state index is -4.49. The van der Waals surface area contributed by atoms with E-state index in [1.165, 1.54) is 10.5 Å². The van der Waals surface area contributed by atoms with Crippen molar-refractivity contribution in [3.63, 3.8) is 0 Å². The Bertz CT molecular complexity index is 1040. The van der Waals surface area contributed by atoms with E-state index in [1.54, 1.807) is 6.92 Å². The van der Waals surface area contributed by atoms with Crippen LogP contribution in [0, 0.1) is 6.92 Å². The van der Waals surface area contributed by atoms with E-state index in [1.807, 2.05) is 18.2 Å². The Hall–Kier alpha value is -3.03. The number of hydrogen-bond acceptors (Lipinski definition) is 3. The average molecular weight is 375 g/mol. The van der Waals surface area contributed by atoms with Crippen LogP contribution in [0.15, 0.2) is 36.5 Å². The fraction of sp³-hybridized carbons (Fsp3) is 0.263. The summed E-state index contributed by atoms with van der Waals surface area (Å²) < 4.78 is 45.6. The van der Waals surface area contributed by atoms with Crippen molar-refractivity contribution in [1.29, 1.82) is 0 Å². The van der Waals surface area contributed by atoms with E-state index in [2.05, 4.69) is 10.3 Å². The van der Waals surface area contributed by atoms with Gasteiger partial charge in [0.05, 0.1) is 17.9 Å². The van der Waals surface area contributed by atoms with Gasteiger partial charge >= 0.3 is 6.18 Å². The Morgan fingerprint density at radius 2 is 2.11 bits per heavy atom. The molecule has 140 valence electrons. The van der Waals surface area contributed by atoms with Gasteiger partial charge in [0.15, 0.2) is 0 Å². The highest BCUT2D eigenvalue weighted by Gasteiger charge is 2.31. The molecule has 0 radical (unpaired) electrons. The number of carbonyl (C=O) groups excluding carboxylic acids is 1. The number of nitrogens with one attached hydrogen (secondary N) is 1. The smallest absolute Gasteiger partial charge is 0.417 e. The molecule has 27 heavy (non-hydrogen) atoms. The number of aryl methyl sites for hydroxylation is 1. The zero-order valence-corrected chi connectivity index (χ0v) is 14.4. The summed E-state index contributed by atoms with van der Waals surface area (Å²) >= 11 is 0. The highest BCUT2D eigenvalue weighted by Crippen LogP contribution is 2.30. The molecule has 1 aliphatic rings. The molecular formula is C19H16F3N3O2. The molecule has 0 saturated heterocycles. The highest BCUT2D eigenvalue weighted by molar-refractivity contribution is 5.94. The van der Waals surface area contributed by atoms with E-state index in [-0.39, 0.29) is 12.2 Å². The van der Waals surface area contributed by atoms with E-state index >= 15 is 0 Å². The number of pyridine rings is 1. The molecule has 1 N–H and O–H groups in total. The Morgan fingerprint density at radius 1 is 1.30 bits per heavy atom. The molecule has 1 amide bonds. The van der Waals surface area contributed by atoms with E-state index in [0.717, 1.165) is 35.6 Å². The number of rotatable bonds is 3. The fourth-order valence-electron chi connectivity index (χ4n) is 3.22. The van der Waals surface area contributed by atoms with Crippen LogP contribution in [0.3, 0.4) is 0 Å². The summed E-state index contributed by atoms with van der Waals surface area (Å²) in [7, 11) is 0. The van der Waals surface area contributed by atoms with Crippen molar-refractivity contribution in [3.05, 3.63) is 64.6 Å². The Balaban J connectivity index is 1.59. The largest absolute Gasteiger partial charge is 0.493 e. The van der Waals surface area contributed by atoms with Gasteiger partial charge in [-0.25, -0.2) is 4.98 Å². The minimum absolute atomic E-state index is 0.0978. The van der Waals surface area contributed by atoms with Gasteiger partial charge in [-0.1, -0.05) is 12.1 Å². The number of carbonyl (C=O) groups is 1. The van der Waals surface area contributed by atoms with E-state index in [4.69, 9.17) is 4.74 Å². The third-order valence-electron chi connectivity index (χ3n) is 4.54. The second-order valence-corrected chi connectivity index (χ2v) is 6.41. The molecule has 2 aromatic heterocycles. The molecule has 4 rings (SSSR count). The number of hydrogen-bond donors (Lipinski definition) is 1. The van der Waals surface area contributed by atoms with Gasteiger partial charge in [0.25, 0.3) is 5.91 Å². The van der Waals surface area contributed by atoms with Crippen molar-refractivity contribution >= 4 is 11.6 Å². The predicted molar refractivity (Wildman–Crippen MR) is 91.7 cm³/mol. The molecule has 0 spiro atoms. The van der Waals surface area contributed by atoms with Crippen molar-refractivity contribution in [2.24, 2.45) is 0 Å². The van der Waals surface area contributed by atoms with Gasteiger partial charge in [-0.3, -0.25) is 9.20 Å². The van der Waals surface area contributed by atoms with Gasteiger partial charge in [-0.2, -0.15) is 13.2 Å². The summed E-state index contributed by atoms with van der Waals surface area (Å²) in [5.41, 5.74) is 1.91. The molecule has 0 fully saturated rings. The van der Waals surface area contributed by atoms with Gasteiger partial charge in [0.1, 0.15) is 17.1 Å². The lowest BCUT2D eigenvalue weighted by Crippen LogP contribution is -2.25. The summed E-state index contributed by atoms with van der Waals surface area (Å²) in [5.74, 6) is 0.374. The Labute approximate surface area is 152 Å². The zero-order chi connectivity index (χ0) is 19.2. The number of fused-ring (bicyclic) bond motifs is 2. The number of halogens is 3. The second-order valence-electron chi connectivity index (χ2n) is 6.41. The molecule has 1 aromatic carbocycles. The number of aromatic nitrogens is 2. The first kappa shape index (κ1) is 17.4. The minimum Gasteiger partial charge on any atom is -0.493 e. The topological polar surface area (TPSA) is 55.6 Å². The average Bonchev–Trinajstić information content (AvgIpc) is 3.20. The van der Waals surface area contributed by atoms with Crippen LogP contribution >= 0.6 is 0 Å². The van der Waals surface area contributed by atoms with E-state index in [0.29, 0.717) is 17.9 Å². The molecule has 0 atom stereocenters. The molecule has 0 aliphatic carbocycles. The van der Waals surface area contributed by atoms with Crippen molar-refractivity contribution in [2.75, 3.05) is 6.61 Å². The third kappa shape index (κ3) is 3.22. The van der Waals surface area contributed by atoms with Crippen molar-refractivity contribution in [2.45, 2.75) is 26.1 Å². The normalized spacial score (nSPS) is 13.5. The lowest BCUT2D eigenvalue weighted by Gasteiger charge is -2.10. The van der Waals surface area contributed by atoms with Crippen molar-refractivity contribution in [1.82, 2.24) is 14.7 Å². The summed E-state index contributed by atoms with van der Waals surface area (Å²) in [6.07, 6.45) is -2.77. The number of imidazole rings is 1. The van der Waals surface area contributed by atoms with Gasteiger partial charge < -0.3 is 10.1 Å². The summed E-state index contributed by atoms with van der Waals surface area (Å²) in [6.45, 7) is 2.51. The summed E-state index contributed by atoms with van der Waals surface area (Å²) in [4.78, 5) is 16.8. The van der Waals surface area contributed by atoms with Crippen LogP contribution in [0.5, 0.6) is 5.75 Å². The van der Waals surface area contributed by atoms with Gasteiger partial charge in [-0.05, 0) is 36.2 Å². The monoisotopic (exact) mass is 375 g/mol. The van der Waals surface area contributed by atoms with E-state index < -0.39 is 17.6 Å². The van der Waals surface area contributed by atoms with E-state index in [9.17, 15) is 18.0 Å². The third-order valence-corrected chi connectivity index (χ3v) is 4.54. The van der Waals surface area contributed by atoms with Crippen LogP contribution in [0.25, 0.3) is 5.65 Å². The van der Waals surface area contributed by atoms with Gasteiger partial charge in [0.2, 0.25) is 0 Å². The number of ether oxygens (including phenoxy) is 1. The molecule has 8 heteroatoms. The van der Waals surface area contributed by atoms with Crippen LogP contribution < -0.4 is 10.1 Å².